The van der Waals surface area contributed by atoms with Gasteiger partial charge < -0.3 is 15.0 Å². The van der Waals surface area contributed by atoms with Crippen molar-refractivity contribution < 1.29 is 9.13 Å². The van der Waals surface area contributed by atoms with Crippen LogP contribution in [-0.4, -0.2) is 68.3 Å². The zero-order valence-electron chi connectivity index (χ0n) is 15.5. The molecule has 0 aromatic carbocycles. The molecule has 0 aliphatic carbocycles. The quantitative estimate of drug-likeness (QED) is 0.708. The predicted molar refractivity (Wildman–Crippen MR) is 102 cm³/mol. The van der Waals surface area contributed by atoms with Crippen LogP contribution in [0.15, 0.2) is 18.7 Å². The molecule has 28 heavy (non-hydrogen) atoms. The number of rotatable bonds is 4. The van der Waals surface area contributed by atoms with Crippen LogP contribution in [-0.2, 0) is 4.74 Å². The maximum absolute atomic E-state index is 14.1. The van der Waals surface area contributed by atoms with Gasteiger partial charge >= 0.3 is 0 Å². The van der Waals surface area contributed by atoms with E-state index in [-0.39, 0.29) is 12.6 Å². The average Bonchev–Trinajstić information content (AvgIpc) is 3.39. The smallest absolute Gasteiger partial charge is 0.243 e. The number of hydrogen-bond acceptors (Lipinski definition) is 7. The second-order valence-electron chi connectivity index (χ2n) is 7.31. The number of halogens is 1. The first-order valence-corrected chi connectivity index (χ1v) is 9.77. The summed E-state index contributed by atoms with van der Waals surface area (Å²) in [6.07, 6.45) is 8.27. The number of ether oxygens (including phenoxy) is 1. The van der Waals surface area contributed by atoms with Crippen molar-refractivity contribution in [3.8, 4) is 11.3 Å². The molecule has 3 aromatic heterocycles. The number of alkyl halides is 1. The molecule has 5 heterocycles. The lowest BCUT2D eigenvalue weighted by atomic mass is 10.1. The molecule has 3 aromatic rings. The van der Waals surface area contributed by atoms with Crippen molar-refractivity contribution in [3.05, 3.63) is 18.7 Å². The molecule has 2 N–H and O–H groups in total. The molecule has 0 spiro atoms. The largest absolute Gasteiger partial charge is 0.378 e. The van der Waals surface area contributed by atoms with Crippen LogP contribution in [0.1, 0.15) is 25.7 Å². The van der Waals surface area contributed by atoms with Gasteiger partial charge in [-0.1, -0.05) is 0 Å². The summed E-state index contributed by atoms with van der Waals surface area (Å²) in [5, 5.41) is 14.6. The van der Waals surface area contributed by atoms with Crippen molar-refractivity contribution in [3.63, 3.8) is 0 Å². The van der Waals surface area contributed by atoms with Gasteiger partial charge in [-0.2, -0.15) is 14.6 Å². The summed E-state index contributed by atoms with van der Waals surface area (Å²) in [7, 11) is 0. The Morgan fingerprint density at radius 1 is 1.25 bits per heavy atom. The maximum Gasteiger partial charge on any atom is 0.243 e. The van der Waals surface area contributed by atoms with Gasteiger partial charge in [-0.3, -0.25) is 5.10 Å². The first kappa shape index (κ1) is 17.4. The van der Waals surface area contributed by atoms with Gasteiger partial charge in [0.05, 0.1) is 18.8 Å². The van der Waals surface area contributed by atoms with E-state index in [0.717, 1.165) is 48.5 Å². The number of piperidine rings is 1. The highest BCUT2D eigenvalue weighted by Crippen LogP contribution is 2.34. The van der Waals surface area contributed by atoms with Gasteiger partial charge in [-0.05, 0) is 25.7 Å². The van der Waals surface area contributed by atoms with Gasteiger partial charge in [0.15, 0.2) is 5.65 Å². The monoisotopic (exact) mass is 386 g/mol. The highest BCUT2D eigenvalue weighted by molar-refractivity contribution is 5.85. The first-order chi connectivity index (χ1) is 13.8. The zero-order chi connectivity index (χ0) is 18.9. The Labute approximate surface area is 161 Å². The van der Waals surface area contributed by atoms with Crippen LogP contribution in [0.2, 0.25) is 0 Å². The Bertz CT molecular complexity index is 937. The zero-order valence-corrected chi connectivity index (χ0v) is 15.5. The van der Waals surface area contributed by atoms with Crippen molar-refractivity contribution >= 4 is 17.3 Å². The lowest BCUT2D eigenvalue weighted by Gasteiger charge is -2.29. The molecule has 2 fully saturated rings. The minimum atomic E-state index is -1.07. The van der Waals surface area contributed by atoms with Crippen molar-refractivity contribution in [1.29, 1.82) is 0 Å². The standard InChI is InChI=1S/C18H23FN8O/c19-13-10-28-7-4-14(13)23-18-24-17-16(26-5-2-1-3-6-26)15(12-8-21-22-9-12)20-11-27(17)25-18/h8-9,11,13-14H,1-7,10H2,(H,21,22)(H,23,25). The van der Waals surface area contributed by atoms with Crippen LogP contribution in [0.25, 0.3) is 16.9 Å². The van der Waals surface area contributed by atoms with E-state index in [4.69, 9.17) is 9.72 Å². The lowest BCUT2D eigenvalue weighted by molar-refractivity contribution is 0.0284. The summed E-state index contributed by atoms with van der Waals surface area (Å²) < 4.78 is 21.0. The van der Waals surface area contributed by atoms with Gasteiger partial charge in [0.1, 0.15) is 23.9 Å². The van der Waals surface area contributed by atoms with Crippen LogP contribution >= 0.6 is 0 Å². The van der Waals surface area contributed by atoms with E-state index in [0.29, 0.717) is 19.0 Å². The van der Waals surface area contributed by atoms with Gasteiger partial charge in [-0.15, -0.1) is 5.10 Å². The summed E-state index contributed by atoms with van der Waals surface area (Å²) in [6, 6.07) is -0.342. The van der Waals surface area contributed by atoms with E-state index in [1.54, 1.807) is 17.0 Å². The van der Waals surface area contributed by atoms with Crippen LogP contribution in [0.5, 0.6) is 0 Å². The van der Waals surface area contributed by atoms with E-state index in [9.17, 15) is 4.39 Å². The summed E-state index contributed by atoms with van der Waals surface area (Å²) in [4.78, 5) is 11.7. The van der Waals surface area contributed by atoms with Crippen LogP contribution in [0, 0.1) is 0 Å². The predicted octanol–water partition coefficient (Wildman–Crippen LogP) is 2.04. The molecule has 0 bridgehead atoms. The van der Waals surface area contributed by atoms with Gasteiger partial charge in [0.25, 0.3) is 0 Å². The number of nitrogens with one attached hydrogen (secondary N) is 2. The molecule has 0 amide bonds. The van der Waals surface area contributed by atoms with Crippen LogP contribution < -0.4 is 10.2 Å². The van der Waals surface area contributed by atoms with E-state index in [1.807, 2.05) is 6.20 Å². The minimum Gasteiger partial charge on any atom is -0.378 e. The number of nitrogens with zero attached hydrogens (tertiary/aromatic N) is 6. The van der Waals surface area contributed by atoms with E-state index in [2.05, 4.69) is 30.5 Å². The molecule has 9 nitrogen and oxygen atoms in total. The summed E-state index contributed by atoms with van der Waals surface area (Å²) in [5.41, 5.74) is 3.41. The molecule has 5 rings (SSSR count). The molecule has 148 valence electrons. The number of anilines is 2. The van der Waals surface area contributed by atoms with E-state index >= 15 is 0 Å². The second-order valence-corrected chi connectivity index (χ2v) is 7.31. The van der Waals surface area contributed by atoms with Gasteiger partial charge in [0.2, 0.25) is 5.95 Å². The maximum atomic E-state index is 14.1. The first-order valence-electron chi connectivity index (χ1n) is 9.77. The van der Waals surface area contributed by atoms with Crippen LogP contribution in [0.3, 0.4) is 0 Å². The molecule has 10 heteroatoms. The summed E-state index contributed by atoms with van der Waals surface area (Å²) in [6.45, 7) is 2.55. The molecule has 2 unspecified atom stereocenters. The molecule has 2 aliphatic rings. The van der Waals surface area contributed by atoms with Crippen LogP contribution in [0.4, 0.5) is 16.0 Å². The van der Waals surface area contributed by atoms with Crippen molar-refractivity contribution in [2.24, 2.45) is 0 Å². The lowest BCUT2D eigenvalue weighted by Crippen LogP contribution is -2.39. The fourth-order valence-electron chi connectivity index (χ4n) is 3.94. The SMILES string of the molecule is FC1COCCC1Nc1nc2c(N3CCCCC3)c(-c3cn[nH]c3)ncn2n1. The Hall–Kier alpha value is -2.75. The van der Waals surface area contributed by atoms with E-state index < -0.39 is 6.17 Å². The minimum absolute atomic E-state index is 0.107. The van der Waals surface area contributed by atoms with Crippen molar-refractivity contribution in [1.82, 2.24) is 29.8 Å². The molecule has 2 atom stereocenters. The number of aromatic nitrogens is 6. The average molecular weight is 386 g/mol. The normalized spacial score (nSPS) is 23.2. The Morgan fingerprint density at radius 2 is 2.14 bits per heavy atom. The molecular formula is C18H23FN8O. The van der Waals surface area contributed by atoms with E-state index in [1.165, 1.54) is 6.42 Å². The van der Waals surface area contributed by atoms with Crippen molar-refractivity contribution in [2.45, 2.75) is 37.9 Å². The Morgan fingerprint density at radius 3 is 2.93 bits per heavy atom. The third kappa shape index (κ3) is 3.17. The molecule has 2 saturated heterocycles. The highest BCUT2D eigenvalue weighted by atomic mass is 19.1. The molecule has 2 aliphatic heterocycles. The Kier molecular flexibility index (Phi) is 4.55. The third-order valence-corrected chi connectivity index (χ3v) is 5.41. The molecule has 0 saturated carbocycles. The third-order valence-electron chi connectivity index (χ3n) is 5.41. The highest BCUT2D eigenvalue weighted by Gasteiger charge is 2.28. The summed E-state index contributed by atoms with van der Waals surface area (Å²) >= 11 is 0. The van der Waals surface area contributed by atoms with Crippen molar-refractivity contribution in [2.75, 3.05) is 36.5 Å². The second kappa shape index (κ2) is 7.34. The number of fused-ring (bicyclic) bond motifs is 1. The Balaban J connectivity index is 1.55. The fraction of sp³-hybridized carbons (Fsp3) is 0.556. The molecular weight excluding hydrogens is 363 g/mol. The number of H-pyrrole nitrogens is 1. The topological polar surface area (TPSA) is 96.3 Å². The van der Waals surface area contributed by atoms with Gasteiger partial charge in [-0.25, -0.2) is 9.37 Å². The summed E-state index contributed by atoms with van der Waals surface area (Å²) in [5.74, 6) is 0.416. The number of hydrogen-bond donors (Lipinski definition) is 2. The fourth-order valence-corrected chi connectivity index (χ4v) is 3.94. The van der Waals surface area contributed by atoms with Gasteiger partial charge in [0, 0.05) is 31.5 Å². The molecule has 0 radical (unpaired) electrons. The number of aromatic amines is 1.